The quantitative estimate of drug-likeness (QED) is 0.867. The lowest BCUT2D eigenvalue weighted by Crippen LogP contribution is -2.51. The average molecular weight is 278 g/mol. The predicted octanol–water partition coefficient (Wildman–Crippen LogP) is 2.67. The van der Waals surface area contributed by atoms with E-state index in [1.807, 2.05) is 26.0 Å². The van der Waals surface area contributed by atoms with Crippen LogP contribution in [-0.2, 0) is 0 Å². The normalized spacial score (nSPS) is 18.9. The van der Waals surface area contributed by atoms with Gasteiger partial charge in [-0.15, -0.1) is 0 Å². The van der Waals surface area contributed by atoms with Gasteiger partial charge >= 0.3 is 0 Å². The van der Waals surface area contributed by atoms with Gasteiger partial charge < -0.3 is 19.7 Å². The first kappa shape index (κ1) is 15.0. The lowest BCUT2D eigenvalue weighted by molar-refractivity contribution is 0.328. The van der Waals surface area contributed by atoms with Crippen LogP contribution in [0.1, 0.15) is 27.2 Å². The molecule has 0 aliphatic carbocycles. The van der Waals surface area contributed by atoms with Crippen LogP contribution in [0, 0.1) is 0 Å². The van der Waals surface area contributed by atoms with Crippen LogP contribution in [0.4, 0.5) is 5.69 Å². The van der Waals surface area contributed by atoms with Crippen LogP contribution < -0.4 is 19.7 Å². The van der Waals surface area contributed by atoms with E-state index < -0.39 is 0 Å². The van der Waals surface area contributed by atoms with Crippen molar-refractivity contribution in [2.24, 2.45) is 0 Å². The van der Waals surface area contributed by atoms with Crippen molar-refractivity contribution >= 4 is 5.69 Å². The third kappa shape index (κ3) is 3.37. The van der Waals surface area contributed by atoms with Crippen LogP contribution in [0.25, 0.3) is 0 Å². The lowest BCUT2D eigenvalue weighted by Gasteiger charge is -2.38. The molecule has 4 heteroatoms. The summed E-state index contributed by atoms with van der Waals surface area (Å²) in [5.74, 6) is 1.87. The van der Waals surface area contributed by atoms with Crippen LogP contribution >= 0.6 is 0 Å². The molecule has 112 valence electrons. The van der Waals surface area contributed by atoms with Gasteiger partial charge in [-0.25, -0.2) is 0 Å². The van der Waals surface area contributed by atoms with Crippen LogP contribution in [-0.4, -0.2) is 38.9 Å². The molecule has 0 spiro atoms. The van der Waals surface area contributed by atoms with E-state index in [0.29, 0.717) is 19.3 Å². The van der Waals surface area contributed by atoms with Crippen molar-refractivity contribution in [3.05, 3.63) is 18.2 Å². The van der Waals surface area contributed by atoms with Crippen molar-refractivity contribution in [3.8, 4) is 11.5 Å². The monoisotopic (exact) mass is 278 g/mol. The van der Waals surface area contributed by atoms with Gasteiger partial charge in [-0.3, -0.25) is 0 Å². The Balaban J connectivity index is 2.31. The van der Waals surface area contributed by atoms with Gasteiger partial charge in [-0.1, -0.05) is 6.92 Å². The number of rotatable bonds is 6. The highest BCUT2D eigenvalue weighted by Crippen LogP contribution is 2.34. The van der Waals surface area contributed by atoms with Crippen LogP contribution in [0.3, 0.4) is 0 Å². The van der Waals surface area contributed by atoms with Crippen molar-refractivity contribution in [3.63, 3.8) is 0 Å². The molecule has 0 bridgehead atoms. The molecule has 1 atom stereocenters. The number of benzene rings is 1. The van der Waals surface area contributed by atoms with E-state index in [9.17, 15) is 0 Å². The number of ether oxygens (including phenoxy) is 2. The minimum absolute atomic E-state index is 0.514. The van der Waals surface area contributed by atoms with Crippen molar-refractivity contribution in [2.45, 2.75) is 33.2 Å². The molecule has 1 aromatic carbocycles. The highest BCUT2D eigenvalue weighted by atomic mass is 16.5. The number of hydrogen-bond acceptors (Lipinski definition) is 4. The second-order valence-corrected chi connectivity index (χ2v) is 4.96. The van der Waals surface area contributed by atoms with Crippen molar-refractivity contribution in [2.75, 3.05) is 37.7 Å². The average Bonchev–Trinajstić information content (AvgIpc) is 2.49. The minimum atomic E-state index is 0.514. The van der Waals surface area contributed by atoms with Gasteiger partial charge in [0, 0.05) is 31.7 Å². The Morgan fingerprint density at radius 2 is 2.00 bits per heavy atom. The first-order valence-corrected chi connectivity index (χ1v) is 7.67. The Kier molecular flexibility index (Phi) is 5.53. The standard InChI is InChI=1S/C16H26N2O2/c1-4-13-12-17-9-10-18(13)15-11-14(19-5-2)7-8-16(15)20-6-3/h7-8,11,13,17H,4-6,9-10,12H2,1-3H3. The number of anilines is 1. The Morgan fingerprint density at radius 1 is 1.20 bits per heavy atom. The van der Waals surface area contributed by atoms with Gasteiger partial charge in [0.1, 0.15) is 11.5 Å². The summed E-state index contributed by atoms with van der Waals surface area (Å²) in [6, 6.07) is 6.64. The molecule has 4 nitrogen and oxygen atoms in total. The molecule has 1 saturated heterocycles. The maximum atomic E-state index is 5.80. The highest BCUT2D eigenvalue weighted by Gasteiger charge is 2.23. The van der Waals surface area contributed by atoms with E-state index in [-0.39, 0.29) is 0 Å². The predicted molar refractivity (Wildman–Crippen MR) is 83.1 cm³/mol. The zero-order valence-electron chi connectivity index (χ0n) is 12.8. The van der Waals surface area contributed by atoms with Crippen molar-refractivity contribution < 1.29 is 9.47 Å². The molecule has 1 heterocycles. The zero-order valence-corrected chi connectivity index (χ0v) is 12.8. The molecular weight excluding hydrogens is 252 g/mol. The third-order valence-corrected chi connectivity index (χ3v) is 3.67. The molecule has 2 rings (SSSR count). The third-order valence-electron chi connectivity index (χ3n) is 3.67. The fourth-order valence-corrected chi connectivity index (χ4v) is 2.70. The minimum Gasteiger partial charge on any atom is -0.494 e. The van der Waals surface area contributed by atoms with E-state index >= 15 is 0 Å². The molecule has 1 N–H and O–H groups in total. The molecule has 1 aliphatic heterocycles. The SMILES string of the molecule is CCOc1ccc(OCC)c(N2CCNCC2CC)c1. The summed E-state index contributed by atoms with van der Waals surface area (Å²) in [5.41, 5.74) is 1.16. The van der Waals surface area contributed by atoms with Crippen LogP contribution in [0.15, 0.2) is 18.2 Å². The second-order valence-electron chi connectivity index (χ2n) is 4.96. The van der Waals surface area contributed by atoms with E-state index in [0.717, 1.165) is 43.2 Å². The Hall–Kier alpha value is -1.42. The molecule has 0 radical (unpaired) electrons. The van der Waals surface area contributed by atoms with E-state index in [1.165, 1.54) is 0 Å². The van der Waals surface area contributed by atoms with E-state index in [4.69, 9.17) is 9.47 Å². The van der Waals surface area contributed by atoms with Gasteiger partial charge in [-0.05, 0) is 32.4 Å². The van der Waals surface area contributed by atoms with Gasteiger partial charge in [0.2, 0.25) is 0 Å². The lowest BCUT2D eigenvalue weighted by atomic mass is 10.1. The summed E-state index contributed by atoms with van der Waals surface area (Å²) in [6.45, 7) is 10.7. The van der Waals surface area contributed by atoms with E-state index in [1.54, 1.807) is 0 Å². The summed E-state index contributed by atoms with van der Waals surface area (Å²) in [6.07, 6.45) is 1.12. The van der Waals surface area contributed by atoms with Gasteiger partial charge in [0.05, 0.1) is 18.9 Å². The first-order chi connectivity index (χ1) is 9.80. The van der Waals surface area contributed by atoms with Crippen molar-refractivity contribution in [1.29, 1.82) is 0 Å². The van der Waals surface area contributed by atoms with Crippen LogP contribution in [0.5, 0.6) is 11.5 Å². The maximum absolute atomic E-state index is 5.80. The molecule has 20 heavy (non-hydrogen) atoms. The molecule has 0 amide bonds. The number of hydrogen-bond donors (Lipinski definition) is 1. The summed E-state index contributed by atoms with van der Waals surface area (Å²) >= 11 is 0. The fraction of sp³-hybridized carbons (Fsp3) is 0.625. The number of nitrogens with one attached hydrogen (secondary N) is 1. The number of nitrogens with zero attached hydrogens (tertiary/aromatic N) is 1. The first-order valence-electron chi connectivity index (χ1n) is 7.67. The molecule has 1 aliphatic rings. The van der Waals surface area contributed by atoms with Crippen molar-refractivity contribution in [1.82, 2.24) is 5.32 Å². The van der Waals surface area contributed by atoms with Gasteiger partial charge in [0.15, 0.2) is 0 Å². The highest BCUT2D eigenvalue weighted by molar-refractivity contribution is 5.62. The second kappa shape index (κ2) is 7.39. The smallest absolute Gasteiger partial charge is 0.142 e. The molecule has 0 saturated carbocycles. The molecule has 1 unspecified atom stereocenters. The maximum Gasteiger partial charge on any atom is 0.142 e. The van der Waals surface area contributed by atoms with E-state index in [2.05, 4.69) is 23.2 Å². The Labute approximate surface area is 122 Å². The Morgan fingerprint density at radius 3 is 2.70 bits per heavy atom. The molecule has 1 aromatic rings. The fourth-order valence-electron chi connectivity index (χ4n) is 2.70. The summed E-state index contributed by atoms with van der Waals surface area (Å²) in [4.78, 5) is 2.45. The molecular formula is C16H26N2O2. The topological polar surface area (TPSA) is 33.7 Å². The summed E-state index contributed by atoms with van der Waals surface area (Å²) < 4.78 is 11.4. The van der Waals surface area contributed by atoms with Gasteiger partial charge in [0.25, 0.3) is 0 Å². The molecule has 0 aromatic heterocycles. The summed E-state index contributed by atoms with van der Waals surface area (Å²) in [7, 11) is 0. The van der Waals surface area contributed by atoms with Crippen LogP contribution in [0.2, 0.25) is 0 Å². The zero-order chi connectivity index (χ0) is 14.4. The molecule has 1 fully saturated rings. The number of piperazine rings is 1. The Bertz CT molecular complexity index is 423. The largest absolute Gasteiger partial charge is 0.494 e. The van der Waals surface area contributed by atoms with Gasteiger partial charge in [-0.2, -0.15) is 0 Å². The summed E-state index contributed by atoms with van der Waals surface area (Å²) in [5, 5.41) is 3.46.